The highest BCUT2D eigenvalue weighted by Gasteiger charge is 2.21. The lowest BCUT2D eigenvalue weighted by molar-refractivity contribution is -0.131. The lowest BCUT2D eigenvalue weighted by Gasteiger charge is -2.36. The summed E-state index contributed by atoms with van der Waals surface area (Å²) < 4.78 is 15.2. The predicted molar refractivity (Wildman–Crippen MR) is 123 cm³/mol. The topological polar surface area (TPSA) is 56.1 Å². The first-order chi connectivity index (χ1) is 15.0. The molecule has 2 aromatic rings. The number of benzene rings is 1. The Bertz CT molecular complexity index is 870. The molecule has 0 spiro atoms. The van der Waals surface area contributed by atoms with Crippen LogP contribution in [0.5, 0.6) is 0 Å². The van der Waals surface area contributed by atoms with Gasteiger partial charge in [0.25, 0.3) is 0 Å². The Morgan fingerprint density at radius 3 is 2.48 bits per heavy atom. The predicted octanol–water partition coefficient (Wildman–Crippen LogP) is 2.30. The third kappa shape index (κ3) is 6.23. The van der Waals surface area contributed by atoms with Crippen LogP contribution in [-0.2, 0) is 18.4 Å². The summed E-state index contributed by atoms with van der Waals surface area (Å²) in [4.78, 5) is 23.5. The fraction of sp³-hybridized carbons (Fsp3) is 0.478. The van der Waals surface area contributed by atoms with E-state index >= 15 is 0 Å². The Hall–Kier alpha value is -3.03. The number of anilines is 1. The normalized spacial score (nSPS) is 14.6. The number of aromatic nitrogens is 1. The molecule has 3 rings (SSSR count). The van der Waals surface area contributed by atoms with Crippen molar-refractivity contribution in [3.8, 4) is 0 Å². The number of aliphatic imine (C=N–C) groups is 1. The van der Waals surface area contributed by atoms with Crippen LogP contribution in [0.4, 0.5) is 10.1 Å². The van der Waals surface area contributed by atoms with Crippen LogP contribution in [-0.4, -0.2) is 72.5 Å². The monoisotopic (exact) mass is 428 g/mol. The molecule has 0 radical (unpaired) electrons. The number of carbonyl (C=O) groups is 1. The van der Waals surface area contributed by atoms with Crippen LogP contribution < -0.4 is 10.2 Å². The molecule has 1 N–H and O–H groups in total. The molecule has 0 atom stereocenters. The van der Waals surface area contributed by atoms with Crippen molar-refractivity contribution in [3.63, 3.8) is 0 Å². The summed E-state index contributed by atoms with van der Waals surface area (Å²) in [5.41, 5.74) is 2.19. The molecule has 31 heavy (non-hydrogen) atoms. The molecule has 1 aliphatic rings. The van der Waals surface area contributed by atoms with E-state index in [1.54, 1.807) is 12.1 Å². The van der Waals surface area contributed by atoms with Crippen molar-refractivity contribution in [2.45, 2.75) is 19.9 Å². The average Bonchev–Trinajstić information content (AvgIpc) is 3.18. The van der Waals surface area contributed by atoms with Crippen LogP contribution in [0.3, 0.4) is 0 Å². The van der Waals surface area contributed by atoms with E-state index < -0.39 is 0 Å². The molecule has 7 nitrogen and oxygen atoms in total. The van der Waals surface area contributed by atoms with Crippen LogP contribution in [0.1, 0.15) is 19.0 Å². The Morgan fingerprint density at radius 1 is 1.16 bits per heavy atom. The fourth-order valence-electron chi connectivity index (χ4n) is 3.73. The zero-order valence-corrected chi connectivity index (χ0v) is 18.7. The largest absolute Gasteiger partial charge is 0.368 e. The molecule has 0 bridgehead atoms. The molecule has 8 heteroatoms. The molecule has 1 fully saturated rings. The van der Waals surface area contributed by atoms with Gasteiger partial charge in [0.15, 0.2) is 5.96 Å². The van der Waals surface area contributed by atoms with Gasteiger partial charge in [-0.1, -0.05) is 0 Å². The zero-order chi connectivity index (χ0) is 22.2. The minimum Gasteiger partial charge on any atom is -0.368 e. The standard InChI is InChI=1S/C23H33FN6O/c1-4-25-23(28(3)18-21-6-5-13-27(21)2)26-12-11-22(31)30-16-14-29(15-17-30)20-9-7-19(24)8-10-20/h5-10,13H,4,11-12,14-18H2,1-3H3,(H,25,26). The summed E-state index contributed by atoms with van der Waals surface area (Å²) in [6.45, 7) is 6.87. The lowest BCUT2D eigenvalue weighted by Crippen LogP contribution is -2.49. The fourth-order valence-corrected chi connectivity index (χ4v) is 3.73. The number of hydrogen-bond donors (Lipinski definition) is 1. The highest BCUT2D eigenvalue weighted by molar-refractivity contribution is 5.81. The molecule has 0 unspecified atom stereocenters. The van der Waals surface area contributed by atoms with E-state index in [1.807, 2.05) is 38.2 Å². The number of amides is 1. The van der Waals surface area contributed by atoms with Crippen molar-refractivity contribution in [2.24, 2.45) is 12.0 Å². The first kappa shape index (κ1) is 22.7. The quantitative estimate of drug-likeness (QED) is 0.543. The molecule has 1 aromatic carbocycles. The Kier molecular flexibility index (Phi) is 7.92. The summed E-state index contributed by atoms with van der Waals surface area (Å²) in [6.07, 6.45) is 2.42. The van der Waals surface area contributed by atoms with Gasteiger partial charge in [-0.05, 0) is 43.3 Å². The Labute approximate surface area is 184 Å². The van der Waals surface area contributed by atoms with Crippen LogP contribution in [0.2, 0.25) is 0 Å². The molecule has 1 aliphatic heterocycles. The summed E-state index contributed by atoms with van der Waals surface area (Å²) in [7, 11) is 4.03. The van der Waals surface area contributed by atoms with Gasteiger partial charge in [-0.2, -0.15) is 0 Å². The summed E-state index contributed by atoms with van der Waals surface area (Å²) in [5, 5.41) is 3.30. The van der Waals surface area contributed by atoms with E-state index in [0.29, 0.717) is 26.1 Å². The second-order valence-electron chi connectivity index (χ2n) is 7.80. The molecule has 2 heterocycles. The molecule has 0 aliphatic carbocycles. The third-order valence-corrected chi connectivity index (χ3v) is 5.56. The Morgan fingerprint density at radius 2 is 1.87 bits per heavy atom. The lowest BCUT2D eigenvalue weighted by atomic mass is 10.2. The van der Waals surface area contributed by atoms with Crippen molar-refractivity contribution in [1.29, 1.82) is 0 Å². The molecule has 1 saturated heterocycles. The molecular weight excluding hydrogens is 395 g/mol. The maximum absolute atomic E-state index is 13.1. The SMILES string of the molecule is CCNC(=NCCC(=O)N1CCN(c2ccc(F)cc2)CC1)N(C)Cc1cccn1C. The summed E-state index contributed by atoms with van der Waals surface area (Å²) in [6, 6.07) is 10.6. The number of hydrogen-bond acceptors (Lipinski definition) is 3. The van der Waals surface area contributed by atoms with Crippen molar-refractivity contribution in [1.82, 2.24) is 19.7 Å². The van der Waals surface area contributed by atoms with E-state index in [4.69, 9.17) is 0 Å². The van der Waals surface area contributed by atoms with Gasteiger partial charge in [-0.25, -0.2) is 4.39 Å². The first-order valence-corrected chi connectivity index (χ1v) is 10.9. The molecule has 168 valence electrons. The number of nitrogens with zero attached hydrogens (tertiary/aromatic N) is 5. The number of aryl methyl sites for hydroxylation is 1. The van der Waals surface area contributed by atoms with Crippen LogP contribution in [0.15, 0.2) is 47.6 Å². The van der Waals surface area contributed by atoms with Gasteiger partial charge in [0.1, 0.15) is 5.82 Å². The molecule has 0 saturated carbocycles. The van der Waals surface area contributed by atoms with Crippen molar-refractivity contribution >= 4 is 17.6 Å². The van der Waals surface area contributed by atoms with Crippen molar-refractivity contribution < 1.29 is 9.18 Å². The van der Waals surface area contributed by atoms with E-state index in [9.17, 15) is 9.18 Å². The van der Waals surface area contributed by atoms with Crippen molar-refractivity contribution in [2.75, 3.05) is 51.2 Å². The molecule has 1 amide bonds. The maximum Gasteiger partial charge on any atom is 0.224 e. The van der Waals surface area contributed by atoms with Crippen LogP contribution >= 0.6 is 0 Å². The highest BCUT2D eigenvalue weighted by Crippen LogP contribution is 2.17. The van der Waals surface area contributed by atoms with Gasteiger partial charge in [-0.3, -0.25) is 9.79 Å². The van der Waals surface area contributed by atoms with E-state index in [-0.39, 0.29) is 11.7 Å². The van der Waals surface area contributed by atoms with Gasteiger partial charge >= 0.3 is 0 Å². The highest BCUT2D eigenvalue weighted by atomic mass is 19.1. The number of carbonyl (C=O) groups excluding carboxylic acids is 1. The first-order valence-electron chi connectivity index (χ1n) is 10.9. The number of guanidine groups is 1. The molecule has 1 aromatic heterocycles. The smallest absolute Gasteiger partial charge is 0.224 e. The second-order valence-corrected chi connectivity index (χ2v) is 7.80. The number of halogens is 1. The minimum atomic E-state index is -0.232. The van der Waals surface area contributed by atoms with Crippen molar-refractivity contribution in [3.05, 3.63) is 54.1 Å². The van der Waals surface area contributed by atoms with Gasteiger partial charge in [0.2, 0.25) is 5.91 Å². The van der Waals surface area contributed by atoms with E-state index in [0.717, 1.165) is 37.8 Å². The number of piperazine rings is 1. The van der Waals surface area contributed by atoms with Gasteiger partial charge in [-0.15, -0.1) is 0 Å². The van der Waals surface area contributed by atoms with Gasteiger partial charge in [0, 0.05) is 70.8 Å². The van der Waals surface area contributed by atoms with Gasteiger partial charge < -0.3 is 24.6 Å². The number of rotatable bonds is 7. The molecular formula is C23H33FN6O. The maximum atomic E-state index is 13.1. The summed E-state index contributed by atoms with van der Waals surface area (Å²) in [5.74, 6) is 0.699. The van der Waals surface area contributed by atoms with Gasteiger partial charge in [0.05, 0.1) is 13.1 Å². The zero-order valence-electron chi connectivity index (χ0n) is 18.7. The summed E-state index contributed by atoms with van der Waals surface area (Å²) >= 11 is 0. The average molecular weight is 429 g/mol. The second kappa shape index (κ2) is 10.8. The Balaban J connectivity index is 1.47. The van der Waals surface area contributed by atoms with E-state index in [1.165, 1.54) is 17.8 Å². The number of nitrogens with one attached hydrogen (secondary N) is 1. The third-order valence-electron chi connectivity index (χ3n) is 5.56. The van der Waals surface area contributed by atoms with E-state index in [2.05, 4.69) is 30.7 Å². The van der Waals surface area contributed by atoms with Crippen LogP contribution in [0, 0.1) is 5.82 Å². The minimum absolute atomic E-state index is 0.128. The van der Waals surface area contributed by atoms with Crippen LogP contribution in [0.25, 0.3) is 0 Å².